The molecule has 0 aromatic heterocycles. The second-order valence-corrected chi connectivity index (χ2v) is 37.1. The quantitative estimate of drug-likeness (QED) is 0.0948. The van der Waals surface area contributed by atoms with Crippen LogP contribution in [0.1, 0.15) is 5.56 Å². The Morgan fingerprint density at radius 2 is 0.578 bits per heavy atom. The van der Waals surface area contributed by atoms with Crippen molar-refractivity contribution in [1.29, 1.82) is 0 Å². The predicted molar refractivity (Wildman–Crippen MR) is 301 cm³/mol. The lowest BCUT2D eigenvalue weighted by atomic mass is 9.75. The van der Waals surface area contributed by atoms with Crippen LogP contribution < -0.4 is 31.8 Å². The summed E-state index contributed by atoms with van der Waals surface area (Å²) < 4.78 is 43.4. The van der Waals surface area contributed by atoms with Crippen molar-refractivity contribution >= 4 is 196 Å². The molecule has 0 aliphatic rings. The Labute approximate surface area is 378 Å². The topological polar surface area (TPSA) is 51.2 Å². The summed E-state index contributed by atoms with van der Waals surface area (Å²) in [6.45, 7) is 27.8. The van der Waals surface area contributed by atoms with Crippen molar-refractivity contribution in [2.45, 2.75) is 6.92 Å². The molecule has 0 aliphatic carbocycles. The summed E-state index contributed by atoms with van der Waals surface area (Å²) in [5, 5.41) is 33.4. The molecule has 0 spiro atoms. The van der Waals surface area contributed by atoms with Gasteiger partial charge >= 0.3 is 0 Å². The van der Waals surface area contributed by atoms with Crippen molar-refractivity contribution in [1.82, 2.24) is 0 Å². The summed E-state index contributed by atoms with van der Waals surface area (Å²) in [7, 11) is -9.55. The Kier molecular flexibility index (Phi) is 8.75. The molecule has 0 amide bonds. The molecule has 0 atom stereocenters. The Balaban J connectivity index is 1.57. The fraction of sp³-hybridized carbons (Fsp3) is 0.236. The van der Waals surface area contributed by atoms with Crippen molar-refractivity contribution in [3.05, 3.63) is 84.4 Å². The van der Waals surface area contributed by atoms with Crippen LogP contribution >= 0.6 is 45.2 Å². The van der Waals surface area contributed by atoms with Crippen LogP contribution in [0.4, 0.5) is 0 Å². The van der Waals surface area contributed by atoms with E-state index in [-0.39, 0.29) is 0 Å². The van der Waals surface area contributed by atoms with Crippen LogP contribution in [0, 0.1) is 6.92 Å². The molecule has 0 saturated carbocycles. The van der Waals surface area contributed by atoms with Gasteiger partial charge < -0.3 is 13.7 Å². The number of hydrogen-bond donors (Lipinski definition) is 0. The lowest BCUT2D eigenvalue weighted by Gasteiger charge is -2.29. The van der Waals surface area contributed by atoms with E-state index in [1.807, 2.05) is 40.0 Å². The van der Waals surface area contributed by atoms with Gasteiger partial charge in [0.05, 0.1) is 0 Å². The second-order valence-electron chi connectivity index (χ2n) is 20.6. The molecule has 12 aromatic carbocycles. The summed E-state index contributed by atoms with van der Waals surface area (Å²) >= 11 is 0. The van der Waals surface area contributed by atoms with E-state index in [1.54, 1.807) is 0 Å². The molecule has 9 heteroatoms. The van der Waals surface area contributed by atoms with Crippen molar-refractivity contribution < 1.29 is 13.7 Å². The summed E-state index contributed by atoms with van der Waals surface area (Å²) in [5.41, 5.74) is 1.27. The van der Waals surface area contributed by atoms with Crippen LogP contribution in [0.25, 0.3) is 118 Å². The molecule has 0 fully saturated rings. The van der Waals surface area contributed by atoms with E-state index in [0.717, 1.165) is 37.5 Å². The minimum absolute atomic E-state index is 0.405. The Morgan fingerprint density at radius 3 is 0.938 bits per heavy atom. The fourth-order valence-electron chi connectivity index (χ4n) is 11.6. The average molecular weight is 947 g/mol. The van der Waals surface area contributed by atoms with Crippen LogP contribution in [0.5, 0.6) is 0 Å². The second kappa shape index (κ2) is 13.4. The van der Waals surface area contributed by atoms with E-state index >= 15 is 0 Å². The first kappa shape index (κ1) is 41.9. The fourth-order valence-corrected chi connectivity index (χ4v) is 16.6. The molecule has 12 aromatic rings. The lowest BCUT2D eigenvalue weighted by molar-refractivity contribution is 0.587. The van der Waals surface area contributed by atoms with Gasteiger partial charge in [0.1, 0.15) is 21.4 Å². The first-order chi connectivity index (χ1) is 30.0. The van der Waals surface area contributed by atoms with Gasteiger partial charge in [-0.3, -0.25) is 0 Å². The largest absolute Gasteiger partial charge is 0.319 e. The average Bonchev–Trinajstić information content (AvgIpc) is 3.22. The molecule has 320 valence electrons. The smallest absolute Gasteiger partial charge is 0.109 e. The lowest BCUT2D eigenvalue weighted by Crippen LogP contribution is -2.10. The Hall–Kier alpha value is -3.48. The van der Waals surface area contributed by atoms with Crippen LogP contribution in [0.3, 0.4) is 0 Å². The van der Waals surface area contributed by atoms with Crippen molar-refractivity contribution in [3.63, 3.8) is 0 Å². The maximum absolute atomic E-state index is 14.5. The third kappa shape index (κ3) is 5.51. The van der Waals surface area contributed by atoms with Gasteiger partial charge in [-0.1, -0.05) is 42.0 Å². The summed E-state index contributed by atoms with van der Waals surface area (Å²) in [6, 6.07) is 30.6. The standard InChI is InChI=1S/C55H52O3P6/c1-27-16-29(60(4)5)18-36-40-22-32(63(10,11)57)23-41-37-19-30(61(6)7)20-38-42-24-33(64(12,13)58)26-44-43-25-31(62(8,9)56)21-39-35-17-28(59(2)3)14-15-34(35)50-51(45(27)36)53(48(40)41)55(46(37)38)54(49(42)44)52(50)47(39)43/h14-26H,1-13H3. The van der Waals surface area contributed by atoms with Gasteiger partial charge in [0.2, 0.25) is 0 Å². The van der Waals surface area contributed by atoms with Gasteiger partial charge in [-0.05, 0) is 288 Å². The van der Waals surface area contributed by atoms with E-state index in [0.29, 0.717) is 0 Å². The number of hydrogen-bond acceptors (Lipinski definition) is 3. The van der Waals surface area contributed by atoms with Crippen LogP contribution in [-0.2, 0) is 13.7 Å². The zero-order valence-electron chi connectivity index (χ0n) is 38.9. The SMILES string of the molecule is Cc1cc(P(C)C)cc2c3cc(P(C)(C)=O)cc4c5cc(P(C)C)cc6c7cc(P(C)(C)=O)cc8c9cc(P(C)(C)=O)cc%10c%11cc(P(C)C)ccc%11c%11c(c12)c(c34)c(c56)c(c87)c%11c%109. The number of benzene rings is 12. The van der Waals surface area contributed by atoms with Crippen molar-refractivity contribution in [2.75, 3.05) is 80.0 Å². The van der Waals surface area contributed by atoms with E-state index in [1.165, 1.54) is 118 Å². The molecule has 64 heavy (non-hydrogen) atoms. The summed E-state index contributed by atoms with van der Waals surface area (Å²) in [6.07, 6.45) is 0. The van der Waals surface area contributed by atoms with Crippen LogP contribution in [-0.4, -0.2) is 80.0 Å². The van der Waals surface area contributed by atoms with Crippen LogP contribution in [0.2, 0.25) is 0 Å². The first-order valence-corrected chi connectivity index (χ1v) is 36.5. The molecule has 0 aliphatic heterocycles. The summed E-state index contributed by atoms with van der Waals surface area (Å²) in [4.78, 5) is 0. The van der Waals surface area contributed by atoms with Crippen molar-refractivity contribution in [3.8, 4) is 0 Å². The van der Waals surface area contributed by atoms with E-state index in [9.17, 15) is 13.7 Å². The Morgan fingerprint density at radius 1 is 0.297 bits per heavy atom. The van der Waals surface area contributed by atoms with Crippen molar-refractivity contribution in [2.24, 2.45) is 0 Å². The minimum atomic E-state index is -2.77. The minimum Gasteiger partial charge on any atom is -0.319 e. The molecule has 12 rings (SSSR count). The number of rotatable bonds is 6. The maximum atomic E-state index is 14.5. The highest BCUT2D eigenvalue weighted by Crippen LogP contribution is 2.59. The zero-order chi connectivity index (χ0) is 45.2. The van der Waals surface area contributed by atoms with Crippen LogP contribution in [0.15, 0.2) is 78.9 Å². The third-order valence-corrected chi connectivity index (χ3v) is 23.1. The van der Waals surface area contributed by atoms with Gasteiger partial charge in [0.25, 0.3) is 0 Å². The molecular weight excluding hydrogens is 894 g/mol. The first-order valence-electron chi connectivity index (χ1n) is 22.0. The van der Waals surface area contributed by atoms with Gasteiger partial charge in [0, 0.05) is 15.9 Å². The highest BCUT2D eigenvalue weighted by molar-refractivity contribution is 7.71. The predicted octanol–water partition coefficient (Wildman–Crippen LogP) is 14.3. The van der Waals surface area contributed by atoms with E-state index < -0.39 is 45.2 Å². The molecule has 0 heterocycles. The molecule has 0 N–H and O–H groups in total. The molecule has 0 radical (unpaired) electrons. The maximum Gasteiger partial charge on any atom is 0.109 e. The van der Waals surface area contributed by atoms with Gasteiger partial charge in [0.15, 0.2) is 0 Å². The van der Waals surface area contributed by atoms with Gasteiger partial charge in [-0.2, -0.15) is 0 Å². The van der Waals surface area contributed by atoms with E-state index in [4.69, 9.17) is 0 Å². The van der Waals surface area contributed by atoms with Gasteiger partial charge in [-0.15, -0.1) is 0 Å². The third-order valence-electron chi connectivity index (χ3n) is 14.7. The highest BCUT2D eigenvalue weighted by atomic mass is 31.2. The molecule has 3 nitrogen and oxygen atoms in total. The zero-order valence-corrected chi connectivity index (χ0v) is 44.3. The molecular formula is C55H52O3P6. The number of aryl methyl sites for hydroxylation is 1. The van der Waals surface area contributed by atoms with Gasteiger partial charge in [-0.25, -0.2) is 0 Å². The highest BCUT2D eigenvalue weighted by Gasteiger charge is 2.33. The normalized spacial score (nSPS) is 14.0. The number of fused-ring (bicyclic) bond motifs is 10. The summed E-state index contributed by atoms with van der Waals surface area (Å²) in [5.74, 6) is 0. The Bertz CT molecular complexity index is 4220. The molecule has 0 bridgehead atoms. The van der Waals surface area contributed by atoms with E-state index in [2.05, 4.69) is 126 Å². The molecule has 0 saturated heterocycles. The monoisotopic (exact) mass is 946 g/mol. The molecule has 0 unspecified atom stereocenters.